The Hall–Kier alpha value is -2.36. The Bertz CT molecular complexity index is 593. The molecule has 0 aliphatic carbocycles. The molecule has 92 valence electrons. The molecule has 0 bridgehead atoms. The Balaban J connectivity index is 2.22. The summed E-state index contributed by atoms with van der Waals surface area (Å²) in [6.45, 7) is 1.88. The summed E-state index contributed by atoms with van der Waals surface area (Å²) in [6.07, 6.45) is 3.48. The lowest BCUT2D eigenvalue weighted by molar-refractivity contribution is 0.0993. The van der Waals surface area contributed by atoms with Crippen LogP contribution in [0.4, 0.5) is 11.4 Å². The maximum absolute atomic E-state index is 12.1. The highest BCUT2D eigenvalue weighted by Crippen LogP contribution is 2.16. The molecule has 0 radical (unpaired) electrons. The molecule has 1 heterocycles. The second kappa shape index (κ2) is 4.87. The second-order valence-electron chi connectivity index (χ2n) is 4.25. The molecule has 0 saturated carbocycles. The summed E-state index contributed by atoms with van der Waals surface area (Å²) in [5.41, 5.74) is 15.1. The smallest absolute Gasteiger partial charge is 0.167 e. The molecule has 0 amide bonds. The van der Waals surface area contributed by atoms with E-state index in [4.69, 9.17) is 11.5 Å². The molecule has 1 aromatic carbocycles. The lowest BCUT2D eigenvalue weighted by Gasteiger charge is -2.06. The largest absolute Gasteiger partial charge is 0.399 e. The van der Waals surface area contributed by atoms with Gasteiger partial charge in [0.1, 0.15) is 0 Å². The number of nitrogen functional groups attached to an aromatic ring is 2. The minimum Gasteiger partial charge on any atom is -0.399 e. The highest BCUT2D eigenvalue weighted by Gasteiger charge is 2.10. The third-order valence-electron chi connectivity index (χ3n) is 2.88. The van der Waals surface area contributed by atoms with Crippen molar-refractivity contribution in [3.63, 3.8) is 0 Å². The molecule has 0 aliphatic rings. The normalized spacial score (nSPS) is 10.3. The average Bonchev–Trinajstić information content (AvgIpc) is 2.35. The van der Waals surface area contributed by atoms with Crippen LogP contribution in [0.1, 0.15) is 21.5 Å². The fourth-order valence-corrected chi connectivity index (χ4v) is 1.71. The van der Waals surface area contributed by atoms with Crippen LogP contribution in [-0.2, 0) is 6.42 Å². The SMILES string of the molecule is Cc1cc(C(=O)Cc2cnccc2N)ccc1N. The fraction of sp³-hybridized carbons (Fsp3) is 0.143. The van der Waals surface area contributed by atoms with Crippen molar-refractivity contribution >= 4 is 17.2 Å². The Kier molecular flexibility index (Phi) is 3.28. The second-order valence-corrected chi connectivity index (χ2v) is 4.25. The first-order valence-electron chi connectivity index (χ1n) is 5.65. The van der Waals surface area contributed by atoms with Crippen molar-refractivity contribution in [2.75, 3.05) is 11.5 Å². The Morgan fingerprint density at radius 2 is 2.00 bits per heavy atom. The number of aryl methyl sites for hydroxylation is 1. The van der Waals surface area contributed by atoms with Crippen LogP contribution in [0, 0.1) is 6.92 Å². The van der Waals surface area contributed by atoms with Crippen LogP contribution in [-0.4, -0.2) is 10.8 Å². The van der Waals surface area contributed by atoms with E-state index in [0.29, 0.717) is 16.9 Å². The topological polar surface area (TPSA) is 82.0 Å². The van der Waals surface area contributed by atoms with E-state index in [9.17, 15) is 4.79 Å². The number of anilines is 2. The zero-order valence-corrected chi connectivity index (χ0v) is 10.2. The maximum atomic E-state index is 12.1. The number of benzene rings is 1. The van der Waals surface area contributed by atoms with Crippen molar-refractivity contribution in [1.29, 1.82) is 0 Å². The monoisotopic (exact) mass is 241 g/mol. The molecule has 0 aliphatic heterocycles. The van der Waals surface area contributed by atoms with Crippen molar-refractivity contribution in [3.05, 3.63) is 53.3 Å². The van der Waals surface area contributed by atoms with E-state index in [1.165, 1.54) is 0 Å². The van der Waals surface area contributed by atoms with Gasteiger partial charge in [-0.2, -0.15) is 0 Å². The summed E-state index contributed by atoms with van der Waals surface area (Å²) in [6, 6.07) is 6.97. The molecule has 4 nitrogen and oxygen atoms in total. The van der Waals surface area contributed by atoms with Crippen LogP contribution in [0.25, 0.3) is 0 Å². The maximum Gasteiger partial charge on any atom is 0.167 e. The fourth-order valence-electron chi connectivity index (χ4n) is 1.71. The Labute approximate surface area is 106 Å². The van der Waals surface area contributed by atoms with Gasteiger partial charge in [0.2, 0.25) is 0 Å². The summed E-state index contributed by atoms with van der Waals surface area (Å²) in [7, 11) is 0. The van der Waals surface area contributed by atoms with Gasteiger partial charge in [0.05, 0.1) is 0 Å². The number of Topliss-reactive ketones (excluding diaryl/α,β-unsaturated/α-hetero) is 1. The van der Waals surface area contributed by atoms with Crippen LogP contribution in [0.3, 0.4) is 0 Å². The third-order valence-corrected chi connectivity index (χ3v) is 2.88. The highest BCUT2D eigenvalue weighted by molar-refractivity contribution is 5.98. The summed E-state index contributed by atoms with van der Waals surface area (Å²) < 4.78 is 0. The zero-order valence-electron chi connectivity index (χ0n) is 10.2. The Morgan fingerprint density at radius 1 is 1.22 bits per heavy atom. The van der Waals surface area contributed by atoms with Gasteiger partial charge in [-0.15, -0.1) is 0 Å². The number of aromatic nitrogens is 1. The molecule has 18 heavy (non-hydrogen) atoms. The first-order chi connectivity index (χ1) is 8.58. The van der Waals surface area contributed by atoms with E-state index >= 15 is 0 Å². The summed E-state index contributed by atoms with van der Waals surface area (Å²) >= 11 is 0. The number of pyridine rings is 1. The van der Waals surface area contributed by atoms with E-state index < -0.39 is 0 Å². The van der Waals surface area contributed by atoms with Crippen LogP contribution in [0.15, 0.2) is 36.7 Å². The molecule has 1 aromatic heterocycles. The highest BCUT2D eigenvalue weighted by atomic mass is 16.1. The molecule has 0 spiro atoms. The summed E-state index contributed by atoms with van der Waals surface area (Å²) in [5, 5.41) is 0. The van der Waals surface area contributed by atoms with Gasteiger partial charge < -0.3 is 11.5 Å². The van der Waals surface area contributed by atoms with Gasteiger partial charge >= 0.3 is 0 Å². The van der Waals surface area contributed by atoms with Gasteiger partial charge in [-0.25, -0.2) is 0 Å². The number of rotatable bonds is 3. The van der Waals surface area contributed by atoms with Crippen molar-refractivity contribution in [1.82, 2.24) is 4.98 Å². The van der Waals surface area contributed by atoms with Crippen LogP contribution in [0.2, 0.25) is 0 Å². The first kappa shape index (κ1) is 12.1. The van der Waals surface area contributed by atoms with Gasteiger partial charge in [0.15, 0.2) is 5.78 Å². The van der Waals surface area contributed by atoms with Gasteiger partial charge in [-0.1, -0.05) is 0 Å². The van der Waals surface area contributed by atoms with Crippen LogP contribution < -0.4 is 11.5 Å². The zero-order chi connectivity index (χ0) is 13.1. The van der Waals surface area contributed by atoms with E-state index in [0.717, 1.165) is 11.1 Å². The van der Waals surface area contributed by atoms with Gasteiger partial charge in [-0.05, 0) is 36.8 Å². The predicted molar refractivity (Wildman–Crippen MR) is 72.3 cm³/mol. The van der Waals surface area contributed by atoms with Crippen molar-refractivity contribution in [3.8, 4) is 0 Å². The number of carbonyl (C=O) groups is 1. The van der Waals surface area contributed by atoms with E-state index in [2.05, 4.69) is 4.98 Å². The molecule has 0 atom stereocenters. The quantitative estimate of drug-likeness (QED) is 0.636. The number of nitrogens with two attached hydrogens (primary N) is 2. The average molecular weight is 241 g/mol. The molecule has 0 fully saturated rings. The van der Waals surface area contributed by atoms with Crippen molar-refractivity contribution < 1.29 is 4.79 Å². The van der Waals surface area contributed by atoms with E-state index in [1.807, 2.05) is 6.92 Å². The van der Waals surface area contributed by atoms with Gasteiger partial charge in [-0.3, -0.25) is 9.78 Å². The van der Waals surface area contributed by atoms with Gasteiger partial charge in [0, 0.05) is 41.3 Å². The van der Waals surface area contributed by atoms with Crippen molar-refractivity contribution in [2.45, 2.75) is 13.3 Å². The molecule has 2 rings (SSSR count). The lowest BCUT2D eigenvalue weighted by atomic mass is 10.0. The molecule has 0 saturated heterocycles. The molecule has 4 heteroatoms. The van der Waals surface area contributed by atoms with Crippen LogP contribution >= 0.6 is 0 Å². The molecule has 0 unspecified atom stereocenters. The lowest BCUT2D eigenvalue weighted by Crippen LogP contribution is -2.07. The summed E-state index contributed by atoms with van der Waals surface area (Å²) in [4.78, 5) is 16.1. The molecule has 2 aromatic rings. The summed E-state index contributed by atoms with van der Waals surface area (Å²) in [5.74, 6) is 0.0119. The Morgan fingerprint density at radius 3 is 2.67 bits per heavy atom. The van der Waals surface area contributed by atoms with Crippen LogP contribution in [0.5, 0.6) is 0 Å². The molecule has 4 N–H and O–H groups in total. The predicted octanol–water partition coefficient (Wildman–Crippen LogP) is 1.98. The van der Waals surface area contributed by atoms with E-state index in [1.54, 1.807) is 36.7 Å². The first-order valence-corrected chi connectivity index (χ1v) is 5.65. The van der Waals surface area contributed by atoms with Gasteiger partial charge in [0.25, 0.3) is 0 Å². The third kappa shape index (κ3) is 2.48. The molecular weight excluding hydrogens is 226 g/mol. The number of nitrogens with zero attached hydrogens (tertiary/aromatic N) is 1. The standard InChI is InChI=1S/C14H15N3O/c1-9-6-10(2-3-12(9)15)14(18)7-11-8-17-5-4-13(11)16/h2-6,8H,7,15H2,1H3,(H2,16,17). The number of hydrogen-bond acceptors (Lipinski definition) is 4. The number of ketones is 1. The van der Waals surface area contributed by atoms with E-state index in [-0.39, 0.29) is 12.2 Å². The number of hydrogen-bond donors (Lipinski definition) is 2. The minimum atomic E-state index is 0.0119. The molecular formula is C14H15N3O. The van der Waals surface area contributed by atoms with Crippen molar-refractivity contribution in [2.24, 2.45) is 0 Å². The number of carbonyl (C=O) groups excluding carboxylic acids is 1. The minimum absolute atomic E-state index is 0.0119.